The number of methoxy groups -OCH3 is 1. The van der Waals surface area contributed by atoms with Crippen LogP contribution in [0.5, 0.6) is 5.75 Å². The quantitative estimate of drug-likeness (QED) is 0.754. The zero-order valence-corrected chi connectivity index (χ0v) is 12.5. The van der Waals surface area contributed by atoms with E-state index >= 15 is 0 Å². The molecule has 0 aliphatic carbocycles. The standard InChI is InChI=1S/C14H22N2O2S/c1-4-10(2)19-8-7-14(17)16-13-6-5-11(18-3)9-12(13)15/h5-6,9-10H,4,7-8,15H2,1-3H3,(H,16,17). The van der Waals surface area contributed by atoms with Crippen molar-refractivity contribution >= 4 is 29.0 Å². The number of ether oxygens (including phenoxy) is 1. The zero-order valence-electron chi connectivity index (χ0n) is 11.7. The number of nitrogens with one attached hydrogen (secondary N) is 1. The molecular formula is C14H22N2O2S. The second-order valence-corrected chi connectivity index (χ2v) is 5.89. The Morgan fingerprint density at radius 2 is 2.26 bits per heavy atom. The number of hydrogen-bond acceptors (Lipinski definition) is 4. The molecular weight excluding hydrogens is 260 g/mol. The van der Waals surface area contributed by atoms with Crippen molar-refractivity contribution in [1.82, 2.24) is 0 Å². The fourth-order valence-electron chi connectivity index (χ4n) is 1.46. The minimum atomic E-state index is -0.00679. The molecule has 0 spiro atoms. The first-order valence-corrected chi connectivity index (χ1v) is 7.46. The van der Waals surface area contributed by atoms with Gasteiger partial charge in [0.05, 0.1) is 18.5 Å². The van der Waals surface area contributed by atoms with Crippen LogP contribution in [0.25, 0.3) is 0 Å². The number of thioether (sulfide) groups is 1. The van der Waals surface area contributed by atoms with E-state index in [-0.39, 0.29) is 5.91 Å². The number of anilines is 2. The molecule has 0 saturated carbocycles. The summed E-state index contributed by atoms with van der Waals surface area (Å²) in [6.07, 6.45) is 1.62. The fraction of sp³-hybridized carbons (Fsp3) is 0.500. The van der Waals surface area contributed by atoms with Crippen molar-refractivity contribution in [2.45, 2.75) is 31.9 Å². The highest BCUT2D eigenvalue weighted by Crippen LogP contribution is 2.24. The predicted octanol–water partition coefficient (Wildman–Crippen LogP) is 3.14. The molecule has 0 aliphatic heterocycles. The van der Waals surface area contributed by atoms with Gasteiger partial charge in [0.1, 0.15) is 5.75 Å². The van der Waals surface area contributed by atoms with Crippen molar-refractivity contribution in [3.05, 3.63) is 18.2 Å². The number of nitrogen functional groups attached to an aromatic ring is 1. The molecule has 0 heterocycles. The van der Waals surface area contributed by atoms with Gasteiger partial charge in [-0.1, -0.05) is 13.8 Å². The Balaban J connectivity index is 2.44. The first kappa shape index (κ1) is 15.7. The Bertz CT molecular complexity index is 424. The first-order chi connectivity index (χ1) is 9.06. The van der Waals surface area contributed by atoms with Crippen molar-refractivity contribution < 1.29 is 9.53 Å². The summed E-state index contributed by atoms with van der Waals surface area (Å²) in [6.45, 7) is 4.32. The Hall–Kier alpha value is -1.36. The van der Waals surface area contributed by atoms with Crippen molar-refractivity contribution in [2.75, 3.05) is 23.9 Å². The monoisotopic (exact) mass is 282 g/mol. The molecule has 0 bridgehead atoms. The van der Waals surface area contributed by atoms with Crippen molar-refractivity contribution in [3.8, 4) is 5.75 Å². The maximum absolute atomic E-state index is 11.8. The normalized spacial score (nSPS) is 11.9. The maximum Gasteiger partial charge on any atom is 0.225 e. The number of hydrogen-bond donors (Lipinski definition) is 2. The summed E-state index contributed by atoms with van der Waals surface area (Å²) in [4.78, 5) is 11.8. The van der Waals surface area contributed by atoms with Crippen LogP contribution in [-0.4, -0.2) is 24.0 Å². The molecule has 0 aliphatic rings. The lowest BCUT2D eigenvalue weighted by Gasteiger charge is -2.10. The van der Waals surface area contributed by atoms with E-state index in [1.807, 2.05) is 11.8 Å². The minimum absolute atomic E-state index is 0.00679. The zero-order chi connectivity index (χ0) is 14.3. The molecule has 106 valence electrons. The summed E-state index contributed by atoms with van der Waals surface area (Å²) in [5.41, 5.74) is 7.00. The van der Waals surface area contributed by atoms with Gasteiger partial charge in [-0.05, 0) is 18.6 Å². The van der Waals surface area contributed by atoms with Gasteiger partial charge in [-0.15, -0.1) is 0 Å². The Morgan fingerprint density at radius 3 is 2.84 bits per heavy atom. The second-order valence-electron chi connectivity index (χ2n) is 4.34. The SMILES string of the molecule is CCC(C)SCCC(=O)Nc1ccc(OC)cc1N. The molecule has 0 radical (unpaired) electrons. The van der Waals surface area contributed by atoms with Crippen LogP contribution in [0.4, 0.5) is 11.4 Å². The fourth-order valence-corrected chi connectivity index (χ4v) is 2.41. The van der Waals surface area contributed by atoms with Crippen LogP contribution in [-0.2, 0) is 4.79 Å². The van der Waals surface area contributed by atoms with E-state index in [0.29, 0.717) is 28.8 Å². The predicted molar refractivity (Wildman–Crippen MR) is 82.9 cm³/mol. The van der Waals surface area contributed by atoms with Gasteiger partial charge < -0.3 is 15.8 Å². The average Bonchev–Trinajstić information content (AvgIpc) is 2.40. The van der Waals surface area contributed by atoms with Crippen LogP contribution in [0.2, 0.25) is 0 Å². The second kappa shape index (κ2) is 7.94. The van der Waals surface area contributed by atoms with Gasteiger partial charge in [0.2, 0.25) is 5.91 Å². The highest BCUT2D eigenvalue weighted by Gasteiger charge is 2.07. The summed E-state index contributed by atoms with van der Waals surface area (Å²) < 4.78 is 5.06. The van der Waals surface area contributed by atoms with Crippen LogP contribution < -0.4 is 15.8 Å². The number of carbonyl (C=O) groups is 1. The minimum Gasteiger partial charge on any atom is -0.497 e. The molecule has 0 saturated heterocycles. The van der Waals surface area contributed by atoms with Crippen LogP contribution in [0, 0.1) is 0 Å². The van der Waals surface area contributed by atoms with Gasteiger partial charge in [-0.2, -0.15) is 11.8 Å². The molecule has 1 unspecified atom stereocenters. The smallest absolute Gasteiger partial charge is 0.225 e. The molecule has 3 N–H and O–H groups in total. The summed E-state index contributed by atoms with van der Waals surface area (Å²) in [6, 6.07) is 5.23. The molecule has 0 aromatic heterocycles. The summed E-state index contributed by atoms with van der Waals surface area (Å²) in [7, 11) is 1.58. The lowest BCUT2D eigenvalue weighted by atomic mass is 10.2. The molecule has 4 nitrogen and oxygen atoms in total. The Morgan fingerprint density at radius 1 is 1.53 bits per heavy atom. The first-order valence-electron chi connectivity index (χ1n) is 6.41. The maximum atomic E-state index is 11.8. The molecule has 0 fully saturated rings. The Kier molecular flexibility index (Phi) is 6.56. The number of rotatable bonds is 7. The van der Waals surface area contributed by atoms with E-state index in [1.165, 1.54) is 0 Å². The van der Waals surface area contributed by atoms with E-state index in [2.05, 4.69) is 19.2 Å². The Labute approximate surface area is 119 Å². The van der Waals surface area contributed by atoms with E-state index in [1.54, 1.807) is 25.3 Å². The number of benzene rings is 1. The lowest BCUT2D eigenvalue weighted by molar-refractivity contribution is -0.115. The third-order valence-electron chi connectivity index (χ3n) is 2.84. The largest absolute Gasteiger partial charge is 0.497 e. The molecule has 1 rings (SSSR count). The molecule has 1 amide bonds. The van der Waals surface area contributed by atoms with E-state index in [0.717, 1.165) is 12.2 Å². The van der Waals surface area contributed by atoms with Crippen molar-refractivity contribution in [3.63, 3.8) is 0 Å². The lowest BCUT2D eigenvalue weighted by Crippen LogP contribution is -2.14. The highest BCUT2D eigenvalue weighted by atomic mass is 32.2. The van der Waals surface area contributed by atoms with Gasteiger partial charge in [-0.25, -0.2) is 0 Å². The van der Waals surface area contributed by atoms with E-state index < -0.39 is 0 Å². The molecule has 1 aromatic rings. The van der Waals surface area contributed by atoms with Gasteiger partial charge in [0.15, 0.2) is 0 Å². The molecule has 5 heteroatoms. The topological polar surface area (TPSA) is 64.3 Å². The average molecular weight is 282 g/mol. The van der Waals surface area contributed by atoms with Gasteiger partial charge >= 0.3 is 0 Å². The summed E-state index contributed by atoms with van der Waals surface area (Å²) >= 11 is 1.81. The number of nitrogens with two attached hydrogens (primary N) is 1. The van der Waals surface area contributed by atoms with E-state index in [9.17, 15) is 4.79 Å². The number of amides is 1. The van der Waals surface area contributed by atoms with Gasteiger partial charge in [-0.3, -0.25) is 4.79 Å². The highest BCUT2D eigenvalue weighted by molar-refractivity contribution is 7.99. The molecule has 19 heavy (non-hydrogen) atoms. The van der Waals surface area contributed by atoms with Crippen LogP contribution in [0.3, 0.4) is 0 Å². The molecule has 1 aromatic carbocycles. The third-order valence-corrected chi connectivity index (χ3v) is 4.18. The third kappa shape index (κ3) is 5.42. The van der Waals surface area contributed by atoms with Crippen LogP contribution in [0.1, 0.15) is 26.7 Å². The van der Waals surface area contributed by atoms with Crippen molar-refractivity contribution in [1.29, 1.82) is 0 Å². The van der Waals surface area contributed by atoms with Gasteiger partial charge in [0.25, 0.3) is 0 Å². The van der Waals surface area contributed by atoms with E-state index in [4.69, 9.17) is 10.5 Å². The van der Waals surface area contributed by atoms with Crippen LogP contribution >= 0.6 is 11.8 Å². The van der Waals surface area contributed by atoms with Gasteiger partial charge in [0, 0.05) is 23.5 Å². The number of carbonyl (C=O) groups excluding carboxylic acids is 1. The molecule has 1 atom stereocenters. The van der Waals surface area contributed by atoms with Crippen molar-refractivity contribution in [2.24, 2.45) is 0 Å². The summed E-state index contributed by atoms with van der Waals surface area (Å²) in [5, 5.41) is 3.42. The summed E-state index contributed by atoms with van der Waals surface area (Å²) in [5.74, 6) is 1.51. The van der Waals surface area contributed by atoms with Crippen LogP contribution in [0.15, 0.2) is 18.2 Å².